The zero-order valence-corrected chi connectivity index (χ0v) is 11.7. The second-order valence-corrected chi connectivity index (χ2v) is 5.52. The molecule has 2 nitrogen and oxygen atoms in total. The minimum Gasteiger partial charge on any atom is -0.306 e. The van der Waals surface area contributed by atoms with E-state index < -0.39 is 0 Å². The number of hydrogen-bond acceptors (Lipinski definition) is 3. The van der Waals surface area contributed by atoms with Crippen LogP contribution in [-0.2, 0) is 13.1 Å². The van der Waals surface area contributed by atoms with Crippen LogP contribution in [0.4, 0.5) is 4.39 Å². The Bertz CT molecular complexity index is 513. The molecule has 0 aliphatic heterocycles. The molecule has 0 atom stereocenters. The van der Waals surface area contributed by atoms with Gasteiger partial charge in [-0.1, -0.05) is 22.0 Å². The third-order valence-corrected chi connectivity index (χ3v) is 3.98. The lowest BCUT2D eigenvalue weighted by molar-refractivity contribution is 0.623. The maximum absolute atomic E-state index is 12.9. The molecule has 0 bridgehead atoms. The van der Waals surface area contributed by atoms with Crippen molar-refractivity contribution in [1.29, 1.82) is 0 Å². The molecular weight excluding hydrogens is 303 g/mol. The molecule has 90 valence electrons. The Kier molecular flexibility index (Phi) is 4.25. The standard InChI is InChI=1S/C12H12BrFN2S/c1-8-7-17-12(16-8)6-15-5-9-2-3-10(14)4-11(9)13/h2-4,7,15H,5-6H2,1H3. The highest BCUT2D eigenvalue weighted by Crippen LogP contribution is 2.18. The van der Waals surface area contributed by atoms with Crippen LogP contribution in [0, 0.1) is 12.7 Å². The number of rotatable bonds is 4. The topological polar surface area (TPSA) is 24.9 Å². The molecule has 1 N–H and O–H groups in total. The van der Waals surface area contributed by atoms with Crippen LogP contribution in [-0.4, -0.2) is 4.98 Å². The number of aromatic nitrogens is 1. The first kappa shape index (κ1) is 12.7. The van der Waals surface area contributed by atoms with E-state index in [-0.39, 0.29) is 5.82 Å². The summed E-state index contributed by atoms with van der Waals surface area (Å²) < 4.78 is 13.7. The third-order valence-electron chi connectivity index (χ3n) is 2.27. The lowest BCUT2D eigenvalue weighted by atomic mass is 10.2. The van der Waals surface area contributed by atoms with Crippen molar-refractivity contribution in [3.63, 3.8) is 0 Å². The SMILES string of the molecule is Cc1csc(CNCc2ccc(F)cc2Br)n1. The Labute approximate surface area is 112 Å². The zero-order valence-electron chi connectivity index (χ0n) is 9.34. The van der Waals surface area contributed by atoms with Gasteiger partial charge in [0.05, 0.1) is 0 Å². The predicted molar refractivity (Wildman–Crippen MR) is 71.5 cm³/mol. The van der Waals surface area contributed by atoms with Crippen molar-refractivity contribution in [1.82, 2.24) is 10.3 Å². The lowest BCUT2D eigenvalue weighted by Crippen LogP contribution is -2.12. The first-order chi connectivity index (χ1) is 8.15. The van der Waals surface area contributed by atoms with Gasteiger partial charge in [0.2, 0.25) is 0 Å². The second kappa shape index (κ2) is 5.71. The quantitative estimate of drug-likeness (QED) is 0.932. The van der Waals surface area contributed by atoms with Gasteiger partial charge in [-0.2, -0.15) is 0 Å². The monoisotopic (exact) mass is 314 g/mol. The molecule has 1 heterocycles. The molecule has 1 aromatic heterocycles. The molecule has 0 saturated carbocycles. The first-order valence-corrected chi connectivity index (χ1v) is 6.88. The van der Waals surface area contributed by atoms with Crippen molar-refractivity contribution in [2.45, 2.75) is 20.0 Å². The molecule has 0 radical (unpaired) electrons. The molecule has 1 aromatic carbocycles. The maximum atomic E-state index is 12.9. The Morgan fingerprint density at radius 2 is 2.24 bits per heavy atom. The second-order valence-electron chi connectivity index (χ2n) is 3.72. The van der Waals surface area contributed by atoms with Gasteiger partial charge in [-0.3, -0.25) is 0 Å². The average molecular weight is 315 g/mol. The fraction of sp³-hybridized carbons (Fsp3) is 0.250. The molecule has 0 unspecified atom stereocenters. The summed E-state index contributed by atoms with van der Waals surface area (Å²) in [7, 11) is 0. The van der Waals surface area contributed by atoms with Crippen LogP contribution in [0.15, 0.2) is 28.1 Å². The molecule has 5 heteroatoms. The number of aryl methyl sites for hydroxylation is 1. The average Bonchev–Trinajstić information content (AvgIpc) is 2.68. The number of hydrogen-bond donors (Lipinski definition) is 1. The van der Waals surface area contributed by atoms with Crippen LogP contribution >= 0.6 is 27.3 Å². The summed E-state index contributed by atoms with van der Waals surface area (Å²) in [5.41, 5.74) is 2.09. The van der Waals surface area contributed by atoms with Crippen molar-refractivity contribution in [3.8, 4) is 0 Å². The van der Waals surface area contributed by atoms with Crippen molar-refractivity contribution in [3.05, 3.63) is 50.1 Å². The summed E-state index contributed by atoms with van der Waals surface area (Å²) in [5.74, 6) is -0.226. The Morgan fingerprint density at radius 3 is 2.88 bits per heavy atom. The minimum absolute atomic E-state index is 0.226. The summed E-state index contributed by atoms with van der Waals surface area (Å²) in [6.07, 6.45) is 0. The Morgan fingerprint density at radius 1 is 1.41 bits per heavy atom. The van der Waals surface area contributed by atoms with E-state index in [4.69, 9.17) is 0 Å². The number of nitrogens with one attached hydrogen (secondary N) is 1. The Balaban J connectivity index is 1.90. The third kappa shape index (κ3) is 3.59. The van der Waals surface area contributed by atoms with Crippen LogP contribution in [0.1, 0.15) is 16.3 Å². The maximum Gasteiger partial charge on any atom is 0.124 e. The Hall–Kier alpha value is -0.780. The molecule has 0 amide bonds. The molecule has 0 aliphatic rings. The minimum atomic E-state index is -0.226. The fourth-order valence-corrected chi connectivity index (χ4v) is 2.69. The van der Waals surface area contributed by atoms with Gasteiger partial charge in [-0.05, 0) is 24.6 Å². The fourth-order valence-electron chi connectivity index (χ4n) is 1.45. The van der Waals surface area contributed by atoms with E-state index in [9.17, 15) is 4.39 Å². The summed E-state index contributed by atoms with van der Waals surface area (Å²) in [4.78, 5) is 4.36. The van der Waals surface area contributed by atoms with Crippen LogP contribution in [0.2, 0.25) is 0 Å². The van der Waals surface area contributed by atoms with Crippen LogP contribution < -0.4 is 5.32 Å². The highest BCUT2D eigenvalue weighted by molar-refractivity contribution is 9.10. The van der Waals surface area contributed by atoms with Crippen LogP contribution in [0.25, 0.3) is 0 Å². The summed E-state index contributed by atoms with van der Waals surface area (Å²) in [5, 5.41) is 6.39. The lowest BCUT2D eigenvalue weighted by Gasteiger charge is -2.05. The number of halogens is 2. The van der Waals surface area contributed by atoms with E-state index in [1.165, 1.54) is 12.1 Å². The molecule has 2 rings (SSSR count). The normalized spacial score (nSPS) is 10.8. The van der Waals surface area contributed by atoms with Gasteiger partial charge in [0.15, 0.2) is 0 Å². The van der Waals surface area contributed by atoms with Gasteiger partial charge in [0.25, 0.3) is 0 Å². The van der Waals surface area contributed by atoms with Gasteiger partial charge >= 0.3 is 0 Å². The molecule has 0 saturated heterocycles. The van der Waals surface area contributed by atoms with E-state index in [2.05, 4.69) is 26.2 Å². The van der Waals surface area contributed by atoms with E-state index in [1.807, 2.05) is 12.3 Å². The molecule has 0 fully saturated rings. The number of nitrogens with zero attached hydrogens (tertiary/aromatic N) is 1. The van der Waals surface area contributed by atoms with Gasteiger partial charge in [0, 0.05) is 28.6 Å². The first-order valence-electron chi connectivity index (χ1n) is 5.21. The zero-order chi connectivity index (χ0) is 12.3. The molecule has 17 heavy (non-hydrogen) atoms. The largest absolute Gasteiger partial charge is 0.306 e. The number of benzene rings is 1. The van der Waals surface area contributed by atoms with Crippen molar-refractivity contribution in [2.75, 3.05) is 0 Å². The smallest absolute Gasteiger partial charge is 0.124 e. The van der Waals surface area contributed by atoms with Gasteiger partial charge < -0.3 is 5.32 Å². The summed E-state index contributed by atoms with van der Waals surface area (Å²) >= 11 is 4.99. The van der Waals surface area contributed by atoms with Crippen molar-refractivity contribution in [2.24, 2.45) is 0 Å². The van der Waals surface area contributed by atoms with Crippen LogP contribution in [0.3, 0.4) is 0 Å². The van der Waals surface area contributed by atoms with Crippen LogP contribution in [0.5, 0.6) is 0 Å². The highest BCUT2D eigenvalue weighted by Gasteiger charge is 2.02. The summed E-state index contributed by atoms with van der Waals surface area (Å²) in [6.45, 7) is 3.42. The van der Waals surface area contributed by atoms with E-state index in [1.54, 1.807) is 17.4 Å². The molecule has 2 aromatic rings. The van der Waals surface area contributed by atoms with Crippen molar-refractivity contribution < 1.29 is 4.39 Å². The van der Waals surface area contributed by atoms with Crippen molar-refractivity contribution >= 4 is 27.3 Å². The predicted octanol–water partition coefficient (Wildman–Crippen LogP) is 3.64. The molecular formula is C12H12BrFN2S. The number of thiazole rings is 1. The van der Waals surface area contributed by atoms with Gasteiger partial charge in [-0.25, -0.2) is 9.37 Å². The summed E-state index contributed by atoms with van der Waals surface area (Å²) in [6, 6.07) is 4.72. The van der Waals surface area contributed by atoms with Gasteiger partial charge in [-0.15, -0.1) is 11.3 Å². The van der Waals surface area contributed by atoms with E-state index in [0.717, 1.165) is 27.3 Å². The molecule has 0 spiro atoms. The molecule has 0 aliphatic carbocycles. The highest BCUT2D eigenvalue weighted by atomic mass is 79.9. The van der Waals surface area contributed by atoms with Gasteiger partial charge in [0.1, 0.15) is 10.8 Å². The van der Waals surface area contributed by atoms with E-state index in [0.29, 0.717) is 6.54 Å². The van der Waals surface area contributed by atoms with E-state index >= 15 is 0 Å².